The highest BCUT2D eigenvalue weighted by Crippen LogP contribution is 2.33. The second kappa shape index (κ2) is 6.84. The van der Waals surface area contributed by atoms with Gasteiger partial charge in [-0.25, -0.2) is 0 Å². The van der Waals surface area contributed by atoms with Crippen molar-refractivity contribution in [3.05, 3.63) is 47.5 Å². The monoisotopic (exact) mass is 340 g/mol. The molecule has 130 valence electrons. The average molecular weight is 340 g/mol. The van der Waals surface area contributed by atoms with Crippen molar-refractivity contribution in [2.24, 2.45) is 0 Å². The van der Waals surface area contributed by atoms with Gasteiger partial charge in [0.25, 0.3) is 11.8 Å². The van der Waals surface area contributed by atoms with Gasteiger partial charge in [-0.3, -0.25) is 9.59 Å². The largest absolute Gasteiger partial charge is 0.483 e. The number of fused-ring (bicyclic) bond motifs is 1. The fraction of sp³-hybridized carbons (Fsp3) is 0.263. The van der Waals surface area contributed by atoms with E-state index in [1.54, 1.807) is 25.2 Å². The Morgan fingerprint density at radius 3 is 2.84 bits per heavy atom. The van der Waals surface area contributed by atoms with Gasteiger partial charge in [-0.1, -0.05) is 12.1 Å². The number of anilines is 2. The van der Waals surface area contributed by atoms with Crippen LogP contribution in [0.25, 0.3) is 0 Å². The van der Waals surface area contributed by atoms with E-state index < -0.39 is 0 Å². The number of likely N-dealkylation sites (N-methyl/N-ethyl adjacent to an activating group) is 1. The number of carbonyl (C=O) groups excluding carboxylic acids is 2. The number of nitrogens with one attached hydrogen (secondary N) is 1. The fourth-order valence-corrected chi connectivity index (χ4v) is 2.55. The number of aryl methyl sites for hydroxylation is 2. The second-order valence-electron chi connectivity index (χ2n) is 6.03. The summed E-state index contributed by atoms with van der Waals surface area (Å²) in [6.07, 6.45) is 0. The van der Waals surface area contributed by atoms with E-state index in [9.17, 15) is 9.59 Å². The summed E-state index contributed by atoms with van der Waals surface area (Å²) < 4.78 is 11.0. The molecular weight excluding hydrogens is 320 g/mol. The van der Waals surface area contributed by atoms with Gasteiger partial charge in [0.05, 0.1) is 5.69 Å². The van der Waals surface area contributed by atoms with Crippen LogP contribution in [0.4, 0.5) is 11.4 Å². The first-order valence-corrected chi connectivity index (χ1v) is 7.97. The molecule has 0 atom stereocenters. The van der Waals surface area contributed by atoms with Gasteiger partial charge in [-0.15, -0.1) is 0 Å². The van der Waals surface area contributed by atoms with Crippen molar-refractivity contribution < 1.29 is 19.1 Å². The summed E-state index contributed by atoms with van der Waals surface area (Å²) in [6.45, 7) is 3.84. The van der Waals surface area contributed by atoms with Crippen LogP contribution in [0, 0.1) is 13.8 Å². The molecule has 1 aliphatic heterocycles. The van der Waals surface area contributed by atoms with Crippen LogP contribution in [0.2, 0.25) is 0 Å². The Morgan fingerprint density at radius 2 is 2.04 bits per heavy atom. The third-order valence-corrected chi connectivity index (χ3v) is 4.03. The van der Waals surface area contributed by atoms with Crippen LogP contribution in [-0.4, -0.2) is 32.1 Å². The molecule has 0 bridgehead atoms. The smallest absolute Gasteiger partial charge is 0.264 e. The van der Waals surface area contributed by atoms with Crippen molar-refractivity contribution in [2.45, 2.75) is 13.8 Å². The Kier molecular flexibility index (Phi) is 4.61. The summed E-state index contributed by atoms with van der Waals surface area (Å²) in [5, 5.41) is 2.77. The SMILES string of the molecule is Cc1ccc(C)c(OCC(=O)Nc2ccc3c(c2)N(C)C(=O)CO3)c1. The molecule has 0 aliphatic carbocycles. The van der Waals surface area contributed by atoms with Crippen LogP contribution in [0.3, 0.4) is 0 Å². The molecule has 25 heavy (non-hydrogen) atoms. The maximum atomic E-state index is 12.1. The number of hydrogen-bond donors (Lipinski definition) is 1. The van der Waals surface area contributed by atoms with Gasteiger partial charge in [0, 0.05) is 12.7 Å². The van der Waals surface area contributed by atoms with Gasteiger partial charge >= 0.3 is 0 Å². The predicted octanol–water partition coefficient (Wildman–Crippen LogP) is 2.68. The lowest BCUT2D eigenvalue weighted by Gasteiger charge is -2.26. The molecule has 6 nitrogen and oxygen atoms in total. The van der Waals surface area contributed by atoms with Gasteiger partial charge in [0.2, 0.25) is 0 Å². The van der Waals surface area contributed by atoms with Crippen molar-refractivity contribution in [3.8, 4) is 11.5 Å². The minimum absolute atomic E-state index is 0.0267. The number of nitrogens with zero attached hydrogens (tertiary/aromatic N) is 1. The summed E-state index contributed by atoms with van der Waals surface area (Å²) in [5.41, 5.74) is 3.26. The normalized spacial score (nSPS) is 13.1. The molecule has 0 saturated heterocycles. The van der Waals surface area contributed by atoms with Crippen molar-refractivity contribution in [2.75, 3.05) is 30.5 Å². The van der Waals surface area contributed by atoms with Gasteiger partial charge in [-0.2, -0.15) is 0 Å². The minimum Gasteiger partial charge on any atom is -0.483 e. The first-order valence-electron chi connectivity index (χ1n) is 7.97. The first-order chi connectivity index (χ1) is 11.9. The minimum atomic E-state index is -0.272. The highest BCUT2D eigenvalue weighted by Gasteiger charge is 2.22. The summed E-state index contributed by atoms with van der Waals surface area (Å²) in [6, 6.07) is 11.0. The third kappa shape index (κ3) is 3.74. The lowest BCUT2D eigenvalue weighted by molar-refractivity contribution is -0.121. The van der Waals surface area contributed by atoms with Crippen molar-refractivity contribution in [1.29, 1.82) is 0 Å². The highest BCUT2D eigenvalue weighted by molar-refractivity contribution is 5.99. The van der Waals surface area contributed by atoms with E-state index in [1.165, 1.54) is 4.90 Å². The standard InChI is InChI=1S/C19H20N2O4/c1-12-4-5-13(2)17(8-12)24-10-18(22)20-14-6-7-16-15(9-14)21(3)19(23)11-25-16/h4-9H,10-11H2,1-3H3,(H,20,22). The molecule has 1 N–H and O–H groups in total. The average Bonchev–Trinajstić information content (AvgIpc) is 2.59. The molecule has 2 aromatic carbocycles. The molecule has 0 spiro atoms. The Balaban J connectivity index is 1.65. The Hall–Kier alpha value is -3.02. The zero-order valence-electron chi connectivity index (χ0n) is 14.5. The number of carbonyl (C=O) groups is 2. The van der Waals surface area contributed by atoms with Crippen molar-refractivity contribution >= 4 is 23.2 Å². The third-order valence-electron chi connectivity index (χ3n) is 4.03. The predicted molar refractivity (Wildman–Crippen MR) is 95.4 cm³/mol. The highest BCUT2D eigenvalue weighted by atomic mass is 16.5. The van der Waals surface area contributed by atoms with Crippen LogP contribution in [0.15, 0.2) is 36.4 Å². The van der Waals surface area contributed by atoms with E-state index in [1.807, 2.05) is 32.0 Å². The van der Waals surface area contributed by atoms with Crippen LogP contribution in [0.5, 0.6) is 11.5 Å². The molecule has 3 rings (SSSR count). The van der Waals surface area contributed by atoms with Gasteiger partial charge in [0.1, 0.15) is 11.5 Å². The molecule has 1 aliphatic rings. The van der Waals surface area contributed by atoms with Crippen LogP contribution in [0.1, 0.15) is 11.1 Å². The van der Waals surface area contributed by atoms with Crippen LogP contribution in [-0.2, 0) is 9.59 Å². The Labute approximate surface area is 146 Å². The number of benzene rings is 2. The molecule has 0 fully saturated rings. The number of ether oxygens (including phenoxy) is 2. The lowest BCUT2D eigenvalue weighted by Crippen LogP contribution is -2.35. The molecule has 0 saturated carbocycles. The first kappa shape index (κ1) is 16.8. The van der Waals surface area contributed by atoms with E-state index >= 15 is 0 Å². The van der Waals surface area contributed by atoms with Gasteiger partial charge in [0.15, 0.2) is 13.2 Å². The Morgan fingerprint density at radius 1 is 1.24 bits per heavy atom. The summed E-state index contributed by atoms with van der Waals surface area (Å²) in [4.78, 5) is 25.4. The van der Waals surface area contributed by atoms with E-state index in [-0.39, 0.29) is 25.0 Å². The summed E-state index contributed by atoms with van der Waals surface area (Å²) in [5.74, 6) is 0.909. The van der Waals surface area contributed by atoms with Crippen LogP contribution < -0.4 is 19.7 Å². The molecule has 0 unspecified atom stereocenters. The maximum Gasteiger partial charge on any atom is 0.264 e. The molecule has 0 radical (unpaired) electrons. The topological polar surface area (TPSA) is 67.9 Å². The zero-order chi connectivity index (χ0) is 18.0. The molecule has 1 heterocycles. The number of hydrogen-bond acceptors (Lipinski definition) is 4. The molecule has 0 aromatic heterocycles. The van der Waals surface area contributed by atoms with E-state index in [4.69, 9.17) is 9.47 Å². The fourth-order valence-electron chi connectivity index (χ4n) is 2.55. The lowest BCUT2D eigenvalue weighted by atomic mass is 10.1. The number of amides is 2. The second-order valence-corrected chi connectivity index (χ2v) is 6.03. The molecule has 6 heteroatoms. The van der Waals surface area contributed by atoms with E-state index in [0.717, 1.165) is 11.1 Å². The van der Waals surface area contributed by atoms with Crippen molar-refractivity contribution in [3.63, 3.8) is 0 Å². The van der Waals surface area contributed by atoms with Gasteiger partial charge in [-0.05, 0) is 49.2 Å². The molecule has 2 aromatic rings. The molecular formula is C19H20N2O4. The molecule has 2 amide bonds. The summed E-state index contributed by atoms with van der Waals surface area (Å²) >= 11 is 0. The summed E-state index contributed by atoms with van der Waals surface area (Å²) in [7, 11) is 1.68. The number of rotatable bonds is 4. The maximum absolute atomic E-state index is 12.1. The van der Waals surface area contributed by atoms with Gasteiger partial charge < -0.3 is 19.7 Å². The zero-order valence-corrected chi connectivity index (χ0v) is 14.5. The van der Waals surface area contributed by atoms with Crippen LogP contribution >= 0.6 is 0 Å². The van der Waals surface area contributed by atoms with E-state index in [0.29, 0.717) is 22.9 Å². The quantitative estimate of drug-likeness (QED) is 0.929. The van der Waals surface area contributed by atoms with Crippen molar-refractivity contribution in [1.82, 2.24) is 0 Å². The van der Waals surface area contributed by atoms with E-state index in [2.05, 4.69) is 5.32 Å². The Bertz CT molecular complexity index is 832.